The Labute approximate surface area is 139 Å². The Morgan fingerprint density at radius 1 is 1.30 bits per heavy atom. The van der Waals surface area contributed by atoms with Gasteiger partial charge in [-0.25, -0.2) is 4.79 Å². The molecule has 0 spiro atoms. The molecule has 1 fully saturated rings. The SMILES string of the molecule is COc1cccc(C2(N(C)C)CCC(C)(CNC(N)=O)CC2)c1. The van der Waals surface area contributed by atoms with Crippen molar-refractivity contribution in [2.45, 2.75) is 38.1 Å². The van der Waals surface area contributed by atoms with Crippen LogP contribution in [0.3, 0.4) is 0 Å². The first-order valence-corrected chi connectivity index (χ1v) is 8.17. The number of carbonyl (C=O) groups excluding carboxylic acids is 1. The maximum Gasteiger partial charge on any atom is 0.312 e. The van der Waals surface area contributed by atoms with Crippen LogP contribution in [-0.4, -0.2) is 38.7 Å². The smallest absolute Gasteiger partial charge is 0.312 e. The second kappa shape index (κ2) is 6.79. The van der Waals surface area contributed by atoms with Crippen molar-refractivity contribution in [2.75, 3.05) is 27.7 Å². The van der Waals surface area contributed by atoms with Crippen molar-refractivity contribution < 1.29 is 9.53 Å². The van der Waals surface area contributed by atoms with E-state index in [9.17, 15) is 4.79 Å². The highest BCUT2D eigenvalue weighted by Gasteiger charge is 2.43. The zero-order valence-corrected chi connectivity index (χ0v) is 14.7. The molecular weight excluding hydrogens is 290 g/mol. The lowest BCUT2D eigenvalue weighted by Crippen LogP contribution is -2.49. The van der Waals surface area contributed by atoms with Crippen molar-refractivity contribution >= 4 is 6.03 Å². The quantitative estimate of drug-likeness (QED) is 0.877. The molecule has 0 atom stereocenters. The van der Waals surface area contributed by atoms with Crippen LogP contribution in [-0.2, 0) is 5.54 Å². The van der Waals surface area contributed by atoms with Crippen LogP contribution < -0.4 is 15.8 Å². The van der Waals surface area contributed by atoms with Gasteiger partial charge in [0.25, 0.3) is 0 Å². The van der Waals surface area contributed by atoms with Crippen LogP contribution in [0.1, 0.15) is 38.2 Å². The Morgan fingerprint density at radius 2 is 1.96 bits per heavy atom. The van der Waals surface area contributed by atoms with Gasteiger partial charge in [-0.2, -0.15) is 0 Å². The summed E-state index contributed by atoms with van der Waals surface area (Å²) in [5, 5.41) is 2.78. The summed E-state index contributed by atoms with van der Waals surface area (Å²) in [5.74, 6) is 0.896. The zero-order valence-electron chi connectivity index (χ0n) is 14.7. The molecule has 0 saturated heterocycles. The largest absolute Gasteiger partial charge is 0.497 e. The van der Waals surface area contributed by atoms with Crippen LogP contribution in [0.4, 0.5) is 4.79 Å². The molecule has 1 aromatic rings. The first-order chi connectivity index (χ1) is 10.8. The summed E-state index contributed by atoms with van der Waals surface area (Å²) in [6, 6.07) is 7.93. The fourth-order valence-electron chi connectivity index (χ4n) is 3.65. The Bertz CT molecular complexity index is 549. The number of hydrogen-bond donors (Lipinski definition) is 2. The number of carbonyl (C=O) groups is 1. The topological polar surface area (TPSA) is 67.6 Å². The first kappa shape index (κ1) is 17.6. The van der Waals surface area contributed by atoms with Gasteiger partial charge in [0.15, 0.2) is 0 Å². The minimum atomic E-state index is -0.441. The fourth-order valence-corrected chi connectivity index (χ4v) is 3.65. The van der Waals surface area contributed by atoms with Gasteiger partial charge in [-0.05, 0) is 62.9 Å². The van der Waals surface area contributed by atoms with E-state index in [-0.39, 0.29) is 11.0 Å². The van der Waals surface area contributed by atoms with Gasteiger partial charge in [-0.3, -0.25) is 4.90 Å². The summed E-state index contributed by atoms with van der Waals surface area (Å²) in [6.07, 6.45) is 4.18. The Kier molecular flexibility index (Phi) is 5.19. The van der Waals surface area contributed by atoms with Crippen molar-refractivity contribution in [1.82, 2.24) is 10.2 Å². The number of hydrogen-bond acceptors (Lipinski definition) is 3. The number of benzene rings is 1. The fraction of sp³-hybridized carbons (Fsp3) is 0.611. The maximum atomic E-state index is 11.0. The second-order valence-electron chi connectivity index (χ2n) is 7.19. The molecule has 0 heterocycles. The molecule has 5 nitrogen and oxygen atoms in total. The van der Waals surface area contributed by atoms with Gasteiger partial charge in [0.05, 0.1) is 7.11 Å². The Balaban J connectivity index is 2.20. The number of methoxy groups -OCH3 is 1. The van der Waals surface area contributed by atoms with Crippen molar-refractivity contribution in [2.24, 2.45) is 11.1 Å². The summed E-state index contributed by atoms with van der Waals surface area (Å²) >= 11 is 0. The molecule has 1 saturated carbocycles. The normalized spacial score (nSPS) is 27.7. The predicted octanol–water partition coefficient (Wildman–Crippen LogP) is 2.70. The molecule has 0 bridgehead atoms. The van der Waals surface area contributed by atoms with Crippen LogP contribution in [0.25, 0.3) is 0 Å². The maximum absolute atomic E-state index is 11.0. The van der Waals surface area contributed by atoms with Crippen molar-refractivity contribution in [3.63, 3.8) is 0 Å². The van der Waals surface area contributed by atoms with Crippen LogP contribution in [0.5, 0.6) is 5.75 Å². The van der Waals surface area contributed by atoms with Crippen LogP contribution >= 0.6 is 0 Å². The molecule has 2 rings (SSSR count). The van der Waals surface area contributed by atoms with Gasteiger partial charge in [0.2, 0.25) is 0 Å². The molecule has 2 amide bonds. The highest BCUT2D eigenvalue weighted by Crippen LogP contribution is 2.48. The van der Waals surface area contributed by atoms with E-state index in [1.54, 1.807) is 7.11 Å². The average Bonchev–Trinajstić information content (AvgIpc) is 2.54. The molecule has 0 radical (unpaired) electrons. The van der Waals surface area contributed by atoms with Gasteiger partial charge in [0, 0.05) is 12.1 Å². The van der Waals surface area contributed by atoms with E-state index in [1.807, 2.05) is 6.07 Å². The molecule has 0 aromatic heterocycles. The summed E-state index contributed by atoms with van der Waals surface area (Å²) in [4.78, 5) is 13.3. The van der Waals surface area contributed by atoms with Crippen molar-refractivity contribution in [1.29, 1.82) is 0 Å². The molecule has 0 unspecified atom stereocenters. The van der Waals surface area contributed by atoms with E-state index in [0.29, 0.717) is 6.54 Å². The molecule has 23 heavy (non-hydrogen) atoms. The van der Waals surface area contributed by atoms with Gasteiger partial charge < -0.3 is 15.8 Å². The molecule has 1 aliphatic carbocycles. The van der Waals surface area contributed by atoms with Crippen LogP contribution in [0.2, 0.25) is 0 Å². The number of nitrogens with two attached hydrogens (primary N) is 1. The van der Waals surface area contributed by atoms with E-state index in [2.05, 4.69) is 49.4 Å². The first-order valence-electron chi connectivity index (χ1n) is 8.17. The lowest BCUT2D eigenvalue weighted by Gasteiger charge is -2.49. The number of ether oxygens (including phenoxy) is 1. The summed E-state index contributed by atoms with van der Waals surface area (Å²) in [7, 11) is 5.99. The number of nitrogens with one attached hydrogen (secondary N) is 1. The molecule has 1 aliphatic rings. The van der Waals surface area contributed by atoms with Gasteiger partial charge in [-0.1, -0.05) is 19.1 Å². The third-order valence-corrected chi connectivity index (χ3v) is 5.44. The molecule has 3 N–H and O–H groups in total. The number of rotatable bonds is 5. The van der Waals surface area contributed by atoms with Gasteiger partial charge >= 0.3 is 6.03 Å². The van der Waals surface area contributed by atoms with Crippen LogP contribution in [0.15, 0.2) is 24.3 Å². The molecule has 128 valence electrons. The number of primary amides is 1. The second-order valence-corrected chi connectivity index (χ2v) is 7.19. The Morgan fingerprint density at radius 3 is 2.48 bits per heavy atom. The van der Waals surface area contributed by atoms with Crippen molar-refractivity contribution in [3.05, 3.63) is 29.8 Å². The standard InChI is InChI=1S/C18H29N3O2/c1-17(13-20-16(19)22)8-10-18(11-9-17,21(2)3)14-6-5-7-15(12-14)23-4/h5-7,12H,8-11,13H2,1-4H3,(H3,19,20,22). The number of amides is 2. The number of urea groups is 1. The van der Waals surface area contributed by atoms with E-state index in [4.69, 9.17) is 10.5 Å². The highest BCUT2D eigenvalue weighted by atomic mass is 16.5. The molecule has 0 aliphatic heterocycles. The Hall–Kier alpha value is -1.75. The average molecular weight is 319 g/mol. The third kappa shape index (κ3) is 3.78. The monoisotopic (exact) mass is 319 g/mol. The summed E-state index contributed by atoms with van der Waals surface area (Å²) < 4.78 is 5.40. The predicted molar refractivity (Wildman–Crippen MR) is 92.5 cm³/mol. The van der Waals surface area contributed by atoms with E-state index < -0.39 is 6.03 Å². The molecule has 1 aromatic carbocycles. The summed E-state index contributed by atoms with van der Waals surface area (Å²) in [5.41, 5.74) is 6.64. The van der Waals surface area contributed by atoms with Gasteiger partial charge in [-0.15, -0.1) is 0 Å². The number of nitrogens with zero attached hydrogens (tertiary/aromatic N) is 1. The van der Waals surface area contributed by atoms with Gasteiger partial charge in [0.1, 0.15) is 5.75 Å². The lowest BCUT2D eigenvalue weighted by molar-refractivity contribution is 0.0435. The molecular formula is C18H29N3O2. The van der Waals surface area contributed by atoms with E-state index in [0.717, 1.165) is 31.4 Å². The molecule has 5 heteroatoms. The third-order valence-electron chi connectivity index (χ3n) is 5.44. The summed E-state index contributed by atoms with van der Waals surface area (Å²) in [6.45, 7) is 2.87. The zero-order chi connectivity index (χ0) is 17.1. The van der Waals surface area contributed by atoms with Crippen molar-refractivity contribution in [3.8, 4) is 5.75 Å². The highest BCUT2D eigenvalue weighted by molar-refractivity contribution is 5.71. The minimum Gasteiger partial charge on any atom is -0.497 e. The minimum absolute atomic E-state index is 0.0147. The van der Waals surface area contributed by atoms with Crippen LogP contribution in [0, 0.1) is 5.41 Å². The van der Waals surface area contributed by atoms with E-state index >= 15 is 0 Å². The van der Waals surface area contributed by atoms with E-state index in [1.165, 1.54) is 5.56 Å². The lowest BCUT2D eigenvalue weighted by atomic mass is 9.65.